The predicted molar refractivity (Wildman–Crippen MR) is 380 cm³/mol. The van der Waals surface area contributed by atoms with Gasteiger partial charge in [-0.15, -0.1) is 22.7 Å². The highest BCUT2D eigenvalue weighted by molar-refractivity contribution is 7.26. The van der Waals surface area contributed by atoms with Crippen LogP contribution in [0.15, 0.2) is 206 Å². The van der Waals surface area contributed by atoms with Crippen molar-refractivity contribution in [1.82, 2.24) is 5.32 Å². The summed E-state index contributed by atoms with van der Waals surface area (Å²) in [5, 5.41) is 10.6. The molecule has 6 saturated carbocycles. The number of rotatable bonds is 6. The van der Waals surface area contributed by atoms with Crippen LogP contribution in [0.1, 0.15) is 126 Å². The fraction of sp³-hybridized carbons (Fsp3) is 0.422. The smallest absolute Gasteiger partial charge is 0.0501 e. The molecule has 0 radical (unpaired) electrons. The maximum Gasteiger partial charge on any atom is 0.0501 e. The van der Waals surface area contributed by atoms with Crippen LogP contribution in [0.5, 0.6) is 0 Å². The third-order valence-electron chi connectivity index (χ3n) is 25.9. The summed E-state index contributed by atoms with van der Waals surface area (Å²) >= 11 is 4.14. The lowest BCUT2D eigenvalue weighted by Crippen LogP contribution is -2.75. The molecule has 3 aliphatic heterocycles. The molecule has 1 N–H and O–H groups in total. The standard InChI is InChI=1S/C83H87N5S2/c1-5-23-54(24-6-1)85-71-37-15-16-38-72(71)86(55-25-7-2-8-26-55)76-48-67-66(47-75(76)85)60-44-43-52(58-33-21-35-63-61-31-13-19-41-79(61)89-82(58)63)45-65(60)69-46-53(59-34-22-36-64-62-32-14-20-42-80(62)90-83(59)64)51-84-81(69)70-50-78-77(49-68(67)70)87(56-27-9-3-10-28-56)73-39-17-18-40-74(73)88(78)57-29-11-4-12-30-57/h1-14,19-36,41-42,52-53,60,65-78,81,84H,15-18,37-40,43-51H2. The SMILES string of the molecule is c1ccc(N2C3CCCCC3N(c3ccccc3)C3CC4C(CC32)C2CCC(c3cccc5c3sc3ccccc35)CC2C2CC(c3cccc5c3sc3ccccc35)CNC2C2CC3C(CC42)N(c2ccccc2)C2CCCCC2N3c2ccccc2)cc1. The van der Waals surface area contributed by atoms with Gasteiger partial charge >= 0.3 is 0 Å². The third kappa shape index (κ3) is 8.87. The Bertz CT molecular complexity index is 3930. The molecule has 90 heavy (non-hydrogen) atoms. The van der Waals surface area contributed by atoms with Gasteiger partial charge in [-0.2, -0.15) is 0 Å². The van der Waals surface area contributed by atoms with E-state index in [-0.39, 0.29) is 0 Å². The first-order valence-electron chi connectivity index (χ1n) is 35.5. The quantitative estimate of drug-likeness (QED) is 0.167. The number of benzene rings is 8. The Morgan fingerprint density at radius 1 is 0.278 bits per heavy atom. The molecule has 8 aromatic carbocycles. The second-order valence-corrected chi connectivity index (χ2v) is 31.8. The molecule has 18 atom stereocenters. The fourth-order valence-electron chi connectivity index (χ4n) is 22.8. The number of piperidine rings is 1. The van der Waals surface area contributed by atoms with Crippen molar-refractivity contribution >= 4 is 85.8 Å². The Balaban J connectivity index is 0.813. The molecule has 9 fully saturated rings. The van der Waals surface area contributed by atoms with E-state index in [4.69, 9.17) is 5.32 Å². The summed E-state index contributed by atoms with van der Waals surface area (Å²) in [5.74, 6) is 5.24. The maximum absolute atomic E-state index is 4.83. The minimum absolute atomic E-state index is 0.419. The van der Waals surface area contributed by atoms with Crippen LogP contribution in [0.25, 0.3) is 40.3 Å². The lowest BCUT2D eigenvalue weighted by molar-refractivity contribution is -0.0816. The second kappa shape index (κ2) is 22.6. The van der Waals surface area contributed by atoms with Gasteiger partial charge < -0.3 is 24.9 Å². The topological polar surface area (TPSA) is 25.0 Å². The van der Waals surface area contributed by atoms with Gasteiger partial charge in [0.15, 0.2) is 0 Å². The predicted octanol–water partition coefficient (Wildman–Crippen LogP) is 19.9. The average Bonchev–Trinajstić information content (AvgIpc) is 1.14. The minimum Gasteiger partial charge on any atom is -0.361 e. The van der Waals surface area contributed by atoms with Gasteiger partial charge in [0.05, 0.1) is 24.2 Å². The van der Waals surface area contributed by atoms with E-state index in [1.165, 1.54) is 161 Å². The van der Waals surface area contributed by atoms with Gasteiger partial charge in [0.1, 0.15) is 0 Å². The van der Waals surface area contributed by atoms with Crippen LogP contribution in [-0.2, 0) is 0 Å². The van der Waals surface area contributed by atoms with Crippen LogP contribution in [0, 0.1) is 41.4 Å². The van der Waals surface area contributed by atoms with Crippen molar-refractivity contribution in [3.63, 3.8) is 0 Å². The highest BCUT2D eigenvalue weighted by Gasteiger charge is 2.63. The summed E-state index contributed by atoms with van der Waals surface area (Å²) in [6, 6.07) is 85.6. The van der Waals surface area contributed by atoms with Gasteiger partial charge in [0, 0.05) is 99.8 Å². The minimum atomic E-state index is 0.419. The Morgan fingerprint density at radius 3 is 1.08 bits per heavy atom. The van der Waals surface area contributed by atoms with Gasteiger partial charge in [-0.3, -0.25) is 0 Å². The van der Waals surface area contributed by atoms with Crippen LogP contribution in [0.2, 0.25) is 0 Å². The molecule has 5 heterocycles. The molecule has 0 amide bonds. The van der Waals surface area contributed by atoms with Crippen molar-refractivity contribution in [2.75, 3.05) is 26.1 Å². The summed E-state index contributed by atoms with van der Waals surface area (Å²) < 4.78 is 5.96. The number of nitrogens with zero attached hydrogens (tertiary/aromatic N) is 4. The van der Waals surface area contributed by atoms with Crippen LogP contribution in [0.3, 0.4) is 0 Å². The summed E-state index contributed by atoms with van der Waals surface area (Å²) in [6.07, 6.45) is 20.7. The molecule has 2 aromatic heterocycles. The van der Waals surface area contributed by atoms with Gasteiger partial charge in [0.25, 0.3) is 0 Å². The zero-order valence-electron chi connectivity index (χ0n) is 52.1. The first kappa shape index (κ1) is 55.0. The van der Waals surface area contributed by atoms with Crippen molar-refractivity contribution in [1.29, 1.82) is 0 Å². The van der Waals surface area contributed by atoms with Crippen molar-refractivity contribution in [3.05, 3.63) is 217 Å². The first-order chi connectivity index (χ1) is 44.7. The van der Waals surface area contributed by atoms with E-state index in [1.807, 2.05) is 0 Å². The number of piperazine rings is 2. The van der Waals surface area contributed by atoms with Crippen LogP contribution < -0.4 is 24.9 Å². The van der Waals surface area contributed by atoms with Crippen molar-refractivity contribution < 1.29 is 0 Å². The highest BCUT2D eigenvalue weighted by Crippen LogP contribution is 2.64. The average molecular weight is 1220 g/mol. The largest absolute Gasteiger partial charge is 0.361 e. The number of nitrogens with one attached hydrogen (secondary N) is 1. The summed E-state index contributed by atoms with van der Waals surface area (Å²) in [5.41, 5.74) is 9.16. The zero-order valence-corrected chi connectivity index (χ0v) is 53.8. The first-order valence-corrected chi connectivity index (χ1v) is 37.2. The molecule has 0 bridgehead atoms. The highest BCUT2D eigenvalue weighted by atomic mass is 32.1. The van der Waals surface area contributed by atoms with E-state index in [9.17, 15) is 0 Å². The summed E-state index contributed by atoms with van der Waals surface area (Å²) in [7, 11) is 0. The van der Waals surface area contributed by atoms with Gasteiger partial charge in [-0.25, -0.2) is 0 Å². The molecule has 3 saturated heterocycles. The Morgan fingerprint density at radius 2 is 0.622 bits per heavy atom. The molecule has 19 rings (SSSR count). The molecule has 9 aliphatic rings. The zero-order chi connectivity index (χ0) is 59.0. The summed E-state index contributed by atoms with van der Waals surface area (Å²) in [4.78, 5) is 12.5. The van der Waals surface area contributed by atoms with E-state index in [0.29, 0.717) is 108 Å². The monoisotopic (exact) mass is 1220 g/mol. The molecule has 10 aromatic rings. The van der Waals surface area contributed by atoms with E-state index >= 15 is 0 Å². The third-order valence-corrected chi connectivity index (χ3v) is 28.4. The lowest BCUT2D eigenvalue weighted by atomic mass is 9.47. The maximum atomic E-state index is 4.83. The van der Waals surface area contributed by atoms with E-state index in [2.05, 4.69) is 249 Å². The number of hydrogen-bond acceptors (Lipinski definition) is 7. The van der Waals surface area contributed by atoms with Gasteiger partial charge in [-0.1, -0.05) is 171 Å². The fourth-order valence-corrected chi connectivity index (χ4v) is 25.4. The van der Waals surface area contributed by atoms with Gasteiger partial charge in [0.2, 0.25) is 0 Å². The molecule has 18 unspecified atom stereocenters. The van der Waals surface area contributed by atoms with Gasteiger partial charge in [-0.05, 0) is 202 Å². The normalized spacial score (nSPS) is 34.0. The Hall–Kier alpha value is -6.64. The van der Waals surface area contributed by atoms with E-state index < -0.39 is 0 Å². The number of hydrogen-bond donors (Lipinski definition) is 1. The molecule has 6 aliphatic carbocycles. The van der Waals surface area contributed by atoms with Crippen LogP contribution in [-0.4, -0.2) is 60.9 Å². The van der Waals surface area contributed by atoms with Crippen molar-refractivity contribution in [2.45, 2.75) is 169 Å². The number of para-hydroxylation sites is 4. The summed E-state index contributed by atoms with van der Waals surface area (Å²) in [6.45, 7) is 1.06. The Kier molecular flexibility index (Phi) is 13.8. The number of anilines is 4. The molecule has 7 heteroatoms. The molecular weight excluding hydrogens is 1130 g/mol. The number of thiophene rings is 2. The molecule has 456 valence electrons. The van der Waals surface area contributed by atoms with E-state index in [0.717, 1.165) is 6.54 Å². The lowest BCUT2D eigenvalue weighted by Gasteiger charge is -2.68. The van der Waals surface area contributed by atoms with Crippen molar-refractivity contribution in [2.24, 2.45) is 41.4 Å². The van der Waals surface area contributed by atoms with Crippen LogP contribution >= 0.6 is 22.7 Å². The Labute approximate surface area is 541 Å². The molecular formula is C83H87N5S2. The van der Waals surface area contributed by atoms with Crippen molar-refractivity contribution in [3.8, 4) is 0 Å². The molecule has 5 nitrogen and oxygen atoms in total. The van der Waals surface area contributed by atoms with Crippen LogP contribution in [0.4, 0.5) is 22.7 Å². The van der Waals surface area contributed by atoms with E-state index in [1.54, 1.807) is 15.8 Å². The number of fused-ring (bicyclic) bond motifs is 18. The molecule has 0 spiro atoms. The second-order valence-electron chi connectivity index (χ2n) is 29.7.